The van der Waals surface area contributed by atoms with Crippen molar-refractivity contribution in [2.24, 2.45) is 0 Å². The van der Waals surface area contributed by atoms with Gasteiger partial charge in [0.2, 0.25) is 12.7 Å². The second kappa shape index (κ2) is 5.75. The summed E-state index contributed by atoms with van der Waals surface area (Å²) in [4.78, 5) is 12.1. The van der Waals surface area contributed by atoms with Gasteiger partial charge in [-0.05, 0) is 31.2 Å². The number of anilines is 2. The lowest BCUT2D eigenvalue weighted by Crippen LogP contribution is -2.31. The molecule has 0 bridgehead atoms. The molecular weight excluding hydrogens is 268 g/mol. The molecule has 1 unspecified atom stereocenters. The van der Waals surface area contributed by atoms with Crippen molar-refractivity contribution in [2.75, 3.05) is 17.4 Å². The topological polar surface area (TPSA) is 59.6 Å². The molecule has 0 spiro atoms. The number of benzene rings is 2. The SMILES string of the molecule is CC(Nc1ccc2c(c1)OCO2)C(=O)Nc1ccccc1. The maximum atomic E-state index is 12.1. The van der Waals surface area contributed by atoms with Crippen LogP contribution in [0.1, 0.15) is 6.92 Å². The Balaban J connectivity index is 1.63. The van der Waals surface area contributed by atoms with Crippen LogP contribution in [0.15, 0.2) is 48.5 Å². The maximum absolute atomic E-state index is 12.1. The van der Waals surface area contributed by atoms with E-state index in [2.05, 4.69) is 10.6 Å². The van der Waals surface area contributed by atoms with Crippen LogP contribution in [0.25, 0.3) is 0 Å². The monoisotopic (exact) mass is 284 g/mol. The molecule has 0 aromatic heterocycles. The van der Waals surface area contributed by atoms with Crippen molar-refractivity contribution in [2.45, 2.75) is 13.0 Å². The van der Waals surface area contributed by atoms with Crippen molar-refractivity contribution in [3.05, 3.63) is 48.5 Å². The first-order chi connectivity index (χ1) is 10.2. The average molecular weight is 284 g/mol. The Kier molecular flexibility index (Phi) is 3.64. The van der Waals surface area contributed by atoms with Crippen LogP contribution >= 0.6 is 0 Å². The van der Waals surface area contributed by atoms with Crippen molar-refractivity contribution >= 4 is 17.3 Å². The molecular formula is C16H16N2O3. The van der Waals surface area contributed by atoms with E-state index < -0.39 is 0 Å². The summed E-state index contributed by atoms with van der Waals surface area (Å²) in [6, 6.07) is 14.5. The Hall–Kier alpha value is -2.69. The molecule has 0 aliphatic carbocycles. The third-order valence-corrected chi connectivity index (χ3v) is 3.19. The van der Waals surface area contributed by atoms with Crippen LogP contribution in [0.5, 0.6) is 11.5 Å². The Morgan fingerprint density at radius 3 is 2.62 bits per heavy atom. The number of fused-ring (bicyclic) bond motifs is 1. The van der Waals surface area contributed by atoms with E-state index in [9.17, 15) is 4.79 Å². The summed E-state index contributed by atoms with van der Waals surface area (Å²) in [5, 5.41) is 6.00. The second-order valence-electron chi connectivity index (χ2n) is 4.79. The van der Waals surface area contributed by atoms with E-state index in [4.69, 9.17) is 9.47 Å². The van der Waals surface area contributed by atoms with Gasteiger partial charge in [-0.3, -0.25) is 4.79 Å². The molecule has 5 heteroatoms. The first kappa shape index (κ1) is 13.3. The van der Waals surface area contributed by atoms with Gasteiger partial charge in [-0.15, -0.1) is 0 Å². The normalized spacial score (nSPS) is 13.6. The Morgan fingerprint density at radius 1 is 1.05 bits per heavy atom. The van der Waals surface area contributed by atoms with Gasteiger partial charge in [0.05, 0.1) is 0 Å². The van der Waals surface area contributed by atoms with E-state index in [-0.39, 0.29) is 18.7 Å². The van der Waals surface area contributed by atoms with Crippen LogP contribution in [0, 0.1) is 0 Å². The fourth-order valence-electron chi connectivity index (χ4n) is 2.07. The molecule has 2 aromatic rings. The summed E-state index contributed by atoms with van der Waals surface area (Å²) in [6.45, 7) is 2.05. The third kappa shape index (κ3) is 3.08. The number of carbonyl (C=O) groups excluding carboxylic acids is 1. The summed E-state index contributed by atoms with van der Waals surface area (Å²) in [7, 11) is 0. The molecule has 2 aromatic carbocycles. The highest BCUT2D eigenvalue weighted by atomic mass is 16.7. The predicted octanol–water partition coefficient (Wildman–Crippen LogP) is 2.85. The number of hydrogen-bond acceptors (Lipinski definition) is 4. The van der Waals surface area contributed by atoms with E-state index in [1.807, 2.05) is 55.5 Å². The Labute approximate surface area is 122 Å². The van der Waals surface area contributed by atoms with Gasteiger partial charge in [-0.2, -0.15) is 0 Å². The molecule has 1 aliphatic rings. The molecule has 2 N–H and O–H groups in total. The number of carbonyl (C=O) groups is 1. The molecule has 21 heavy (non-hydrogen) atoms. The smallest absolute Gasteiger partial charge is 0.246 e. The summed E-state index contributed by atoms with van der Waals surface area (Å²) in [5.74, 6) is 1.32. The van der Waals surface area contributed by atoms with Crippen molar-refractivity contribution < 1.29 is 14.3 Å². The third-order valence-electron chi connectivity index (χ3n) is 3.19. The number of amides is 1. The molecule has 1 amide bonds. The maximum Gasteiger partial charge on any atom is 0.246 e. The fraction of sp³-hybridized carbons (Fsp3) is 0.188. The molecule has 5 nitrogen and oxygen atoms in total. The molecule has 0 radical (unpaired) electrons. The molecule has 3 rings (SSSR count). The fourth-order valence-corrected chi connectivity index (χ4v) is 2.07. The molecule has 1 aliphatic heterocycles. The quantitative estimate of drug-likeness (QED) is 0.906. The van der Waals surface area contributed by atoms with Crippen molar-refractivity contribution in [3.63, 3.8) is 0 Å². The van der Waals surface area contributed by atoms with Crippen molar-refractivity contribution in [1.82, 2.24) is 0 Å². The van der Waals surface area contributed by atoms with E-state index in [0.717, 1.165) is 17.1 Å². The molecule has 0 saturated carbocycles. The average Bonchev–Trinajstić information content (AvgIpc) is 2.95. The van der Waals surface area contributed by atoms with Gasteiger partial charge in [0.15, 0.2) is 11.5 Å². The lowest BCUT2D eigenvalue weighted by molar-refractivity contribution is -0.116. The minimum atomic E-state index is -0.370. The zero-order valence-corrected chi connectivity index (χ0v) is 11.6. The van der Waals surface area contributed by atoms with Gasteiger partial charge in [0, 0.05) is 17.4 Å². The Morgan fingerprint density at radius 2 is 1.81 bits per heavy atom. The minimum absolute atomic E-state index is 0.0983. The Bertz CT molecular complexity index is 643. The zero-order valence-electron chi connectivity index (χ0n) is 11.6. The van der Waals surface area contributed by atoms with Crippen molar-refractivity contribution in [1.29, 1.82) is 0 Å². The number of hydrogen-bond donors (Lipinski definition) is 2. The van der Waals surface area contributed by atoms with E-state index in [0.29, 0.717) is 5.75 Å². The molecule has 0 fully saturated rings. The largest absolute Gasteiger partial charge is 0.454 e. The van der Waals surface area contributed by atoms with E-state index in [1.54, 1.807) is 0 Å². The zero-order chi connectivity index (χ0) is 14.7. The summed E-state index contributed by atoms with van der Waals surface area (Å²) in [5.41, 5.74) is 1.59. The van der Waals surface area contributed by atoms with Gasteiger partial charge in [-0.1, -0.05) is 18.2 Å². The van der Waals surface area contributed by atoms with Crippen LogP contribution in [0.2, 0.25) is 0 Å². The van der Waals surface area contributed by atoms with Gasteiger partial charge >= 0.3 is 0 Å². The lowest BCUT2D eigenvalue weighted by Gasteiger charge is -2.15. The number of para-hydroxylation sites is 1. The lowest BCUT2D eigenvalue weighted by atomic mass is 10.2. The highest BCUT2D eigenvalue weighted by Crippen LogP contribution is 2.34. The van der Waals surface area contributed by atoms with Crippen LogP contribution in [-0.4, -0.2) is 18.7 Å². The minimum Gasteiger partial charge on any atom is -0.454 e. The van der Waals surface area contributed by atoms with Gasteiger partial charge < -0.3 is 20.1 Å². The van der Waals surface area contributed by atoms with Crippen LogP contribution < -0.4 is 20.1 Å². The van der Waals surface area contributed by atoms with Gasteiger partial charge in [0.1, 0.15) is 6.04 Å². The molecule has 1 heterocycles. The predicted molar refractivity (Wildman–Crippen MR) is 80.7 cm³/mol. The first-order valence-electron chi connectivity index (χ1n) is 6.74. The summed E-state index contributed by atoms with van der Waals surface area (Å²) >= 11 is 0. The number of ether oxygens (including phenoxy) is 2. The molecule has 1 atom stereocenters. The van der Waals surface area contributed by atoms with Crippen LogP contribution in [0.4, 0.5) is 11.4 Å². The van der Waals surface area contributed by atoms with Crippen LogP contribution in [-0.2, 0) is 4.79 Å². The number of nitrogens with one attached hydrogen (secondary N) is 2. The molecule has 108 valence electrons. The number of rotatable bonds is 4. The van der Waals surface area contributed by atoms with Crippen LogP contribution in [0.3, 0.4) is 0 Å². The standard InChI is InChI=1S/C16H16N2O3/c1-11(16(19)18-12-5-3-2-4-6-12)17-13-7-8-14-15(9-13)21-10-20-14/h2-9,11,17H,10H2,1H3,(H,18,19). The summed E-state index contributed by atoms with van der Waals surface area (Å²) < 4.78 is 10.6. The summed E-state index contributed by atoms with van der Waals surface area (Å²) in [6.07, 6.45) is 0. The van der Waals surface area contributed by atoms with Gasteiger partial charge in [0.25, 0.3) is 0 Å². The first-order valence-corrected chi connectivity index (χ1v) is 6.74. The van der Waals surface area contributed by atoms with E-state index >= 15 is 0 Å². The molecule has 0 saturated heterocycles. The highest BCUT2D eigenvalue weighted by Gasteiger charge is 2.16. The van der Waals surface area contributed by atoms with E-state index in [1.165, 1.54) is 0 Å². The second-order valence-corrected chi connectivity index (χ2v) is 4.79. The van der Waals surface area contributed by atoms with Gasteiger partial charge in [-0.25, -0.2) is 0 Å². The van der Waals surface area contributed by atoms with Crippen molar-refractivity contribution in [3.8, 4) is 11.5 Å². The highest BCUT2D eigenvalue weighted by molar-refractivity contribution is 5.96.